The van der Waals surface area contributed by atoms with E-state index in [1.165, 1.54) is 6.42 Å². The molecule has 1 amide bonds. The van der Waals surface area contributed by atoms with Gasteiger partial charge in [0.05, 0.1) is 6.61 Å². The molecule has 26 heavy (non-hydrogen) atoms. The van der Waals surface area contributed by atoms with Crippen molar-refractivity contribution >= 4 is 18.3 Å². The van der Waals surface area contributed by atoms with Crippen molar-refractivity contribution in [2.75, 3.05) is 33.4 Å². The number of primary amides is 1. The number of piperidine rings is 1. The summed E-state index contributed by atoms with van der Waals surface area (Å²) in [5.41, 5.74) is 6.48. The lowest BCUT2D eigenvalue weighted by atomic mass is 9.62. The summed E-state index contributed by atoms with van der Waals surface area (Å²) in [5, 5.41) is 0. The number of methoxy groups -OCH3 is 1. The molecule has 3 aliphatic rings. The number of hydrogen-bond donors (Lipinski definition) is 1. The first-order valence-electron chi connectivity index (χ1n) is 9.28. The maximum absolute atomic E-state index is 11.6. The average Bonchev–Trinajstić information content (AvgIpc) is 3.15. The number of ether oxygens (including phenoxy) is 2. The third kappa shape index (κ3) is 3.13. The summed E-state index contributed by atoms with van der Waals surface area (Å²) in [7, 11) is 1.81. The Labute approximate surface area is 160 Å². The molecule has 0 aromatic carbocycles. The van der Waals surface area contributed by atoms with Crippen molar-refractivity contribution in [1.29, 1.82) is 0 Å². The van der Waals surface area contributed by atoms with Crippen LogP contribution in [0.3, 0.4) is 0 Å². The molecule has 6 nitrogen and oxygen atoms in total. The summed E-state index contributed by atoms with van der Waals surface area (Å²) in [5.74, 6) is 0.334. The molecule has 0 radical (unpaired) electrons. The highest BCUT2D eigenvalue weighted by Gasteiger charge is 2.54. The van der Waals surface area contributed by atoms with Crippen LogP contribution in [-0.4, -0.2) is 55.2 Å². The fraction of sp³-hybridized carbons (Fsp3) is 0.684. The van der Waals surface area contributed by atoms with E-state index >= 15 is 0 Å². The first-order chi connectivity index (χ1) is 12.1. The quantitative estimate of drug-likeness (QED) is 0.862. The van der Waals surface area contributed by atoms with Gasteiger partial charge in [0.1, 0.15) is 11.3 Å². The van der Waals surface area contributed by atoms with Crippen molar-refractivity contribution in [2.45, 2.75) is 37.3 Å². The van der Waals surface area contributed by atoms with E-state index < -0.39 is 5.91 Å². The van der Waals surface area contributed by atoms with E-state index in [0.29, 0.717) is 23.6 Å². The van der Waals surface area contributed by atoms with E-state index in [0.717, 1.165) is 51.1 Å². The van der Waals surface area contributed by atoms with Crippen molar-refractivity contribution in [3.8, 4) is 0 Å². The number of pyridine rings is 1. The predicted octanol–water partition coefficient (Wildman–Crippen LogP) is 1.96. The number of rotatable bonds is 4. The van der Waals surface area contributed by atoms with Crippen LogP contribution in [0.2, 0.25) is 0 Å². The molecule has 1 aliphatic carbocycles. The zero-order valence-electron chi connectivity index (χ0n) is 15.2. The van der Waals surface area contributed by atoms with Gasteiger partial charge in [-0.05, 0) is 37.0 Å². The van der Waals surface area contributed by atoms with E-state index in [9.17, 15) is 4.79 Å². The average molecular weight is 382 g/mol. The van der Waals surface area contributed by atoms with E-state index in [1.54, 1.807) is 6.20 Å². The van der Waals surface area contributed by atoms with Crippen LogP contribution in [0, 0.1) is 11.8 Å². The van der Waals surface area contributed by atoms with Crippen molar-refractivity contribution in [3.63, 3.8) is 0 Å². The number of fused-ring (bicyclic) bond motifs is 2. The Morgan fingerprint density at radius 2 is 2.08 bits per heavy atom. The van der Waals surface area contributed by atoms with Gasteiger partial charge in [-0.15, -0.1) is 12.4 Å². The molecule has 2 saturated heterocycles. The number of amides is 1. The van der Waals surface area contributed by atoms with Gasteiger partial charge in [0.15, 0.2) is 0 Å². The van der Waals surface area contributed by atoms with Crippen LogP contribution in [-0.2, 0) is 15.1 Å². The first-order valence-corrected chi connectivity index (χ1v) is 9.28. The van der Waals surface area contributed by atoms with E-state index in [1.807, 2.05) is 19.2 Å². The lowest BCUT2D eigenvalue weighted by Crippen LogP contribution is -2.61. The van der Waals surface area contributed by atoms with Gasteiger partial charge < -0.3 is 15.2 Å². The number of likely N-dealkylation sites (tertiary alicyclic amines) is 1. The third-order valence-corrected chi connectivity index (χ3v) is 6.45. The summed E-state index contributed by atoms with van der Waals surface area (Å²) in [4.78, 5) is 18.3. The Morgan fingerprint density at radius 3 is 2.65 bits per heavy atom. The molecule has 2 N–H and O–H groups in total. The van der Waals surface area contributed by atoms with Crippen LogP contribution in [0.5, 0.6) is 0 Å². The molecule has 144 valence electrons. The molecule has 3 heterocycles. The van der Waals surface area contributed by atoms with Crippen molar-refractivity contribution in [3.05, 3.63) is 29.6 Å². The zero-order valence-corrected chi connectivity index (χ0v) is 16.0. The maximum Gasteiger partial charge on any atom is 0.267 e. The van der Waals surface area contributed by atoms with E-state index in [-0.39, 0.29) is 18.0 Å². The Bertz CT molecular complexity index is 637. The van der Waals surface area contributed by atoms with Gasteiger partial charge in [-0.1, -0.05) is 6.42 Å². The lowest BCUT2D eigenvalue weighted by molar-refractivity contribution is -0.174. The third-order valence-electron chi connectivity index (χ3n) is 6.45. The van der Waals surface area contributed by atoms with Crippen LogP contribution in [0.4, 0.5) is 0 Å². The summed E-state index contributed by atoms with van der Waals surface area (Å²) in [6, 6.07) is 4.37. The van der Waals surface area contributed by atoms with Crippen molar-refractivity contribution in [1.82, 2.24) is 9.88 Å². The van der Waals surface area contributed by atoms with Crippen LogP contribution in [0.15, 0.2) is 18.3 Å². The van der Waals surface area contributed by atoms with Gasteiger partial charge in [0.25, 0.3) is 5.91 Å². The van der Waals surface area contributed by atoms with Crippen molar-refractivity contribution < 1.29 is 14.3 Å². The summed E-state index contributed by atoms with van der Waals surface area (Å²) in [6.07, 6.45) is 6.33. The molecule has 2 aliphatic heterocycles. The molecular formula is C19H28ClN3O3. The fourth-order valence-electron chi connectivity index (χ4n) is 5.31. The van der Waals surface area contributed by atoms with E-state index in [4.69, 9.17) is 15.2 Å². The normalized spacial score (nSPS) is 34.3. The zero-order chi connectivity index (χ0) is 17.4. The minimum atomic E-state index is -0.487. The monoisotopic (exact) mass is 381 g/mol. The van der Waals surface area contributed by atoms with Gasteiger partial charge in [-0.2, -0.15) is 0 Å². The smallest absolute Gasteiger partial charge is 0.267 e. The minimum Gasteiger partial charge on any atom is -0.380 e. The summed E-state index contributed by atoms with van der Waals surface area (Å²) < 4.78 is 11.8. The Balaban J connectivity index is 0.00000196. The number of hydrogen-bond acceptors (Lipinski definition) is 5. The molecular weight excluding hydrogens is 354 g/mol. The fourth-order valence-corrected chi connectivity index (χ4v) is 5.31. The van der Waals surface area contributed by atoms with Crippen LogP contribution in [0.25, 0.3) is 0 Å². The van der Waals surface area contributed by atoms with Crippen LogP contribution >= 0.6 is 12.4 Å². The largest absolute Gasteiger partial charge is 0.380 e. The second-order valence-corrected chi connectivity index (χ2v) is 7.59. The van der Waals surface area contributed by atoms with Crippen molar-refractivity contribution in [2.24, 2.45) is 17.6 Å². The molecule has 3 atom stereocenters. The Kier molecular flexibility index (Phi) is 5.87. The van der Waals surface area contributed by atoms with Gasteiger partial charge in [-0.25, -0.2) is 0 Å². The lowest BCUT2D eigenvalue weighted by Gasteiger charge is -2.56. The highest BCUT2D eigenvalue weighted by atomic mass is 35.5. The Morgan fingerprint density at radius 1 is 1.35 bits per heavy atom. The molecule has 1 aromatic heterocycles. The van der Waals surface area contributed by atoms with Crippen LogP contribution in [0.1, 0.15) is 41.7 Å². The first kappa shape index (κ1) is 19.5. The number of nitrogens with zero attached hydrogens (tertiary/aromatic N) is 2. The SMILES string of the molecule is COC1(c2ccnc(C(N)=O)c2)C2CCCC1CN([C@@H]1CCOC1)C2.Cl. The number of aromatic nitrogens is 1. The summed E-state index contributed by atoms with van der Waals surface area (Å²) in [6.45, 7) is 3.76. The number of carbonyl (C=O) groups excluding carboxylic acids is 1. The predicted molar refractivity (Wildman–Crippen MR) is 100 cm³/mol. The van der Waals surface area contributed by atoms with Gasteiger partial charge >= 0.3 is 0 Å². The number of nitrogens with two attached hydrogens (primary N) is 1. The van der Waals surface area contributed by atoms with Gasteiger partial charge in [0, 0.05) is 50.9 Å². The molecule has 2 bridgehead atoms. The topological polar surface area (TPSA) is 77.7 Å². The molecule has 7 heteroatoms. The standard InChI is InChI=1S/C19H27N3O3.ClH/c1-24-19(13-5-7-21-17(9-13)18(20)23)14-3-2-4-15(19)11-22(10-14)16-6-8-25-12-16;/h5,7,9,14-16H,2-4,6,8,10-12H2,1H3,(H2,20,23);1H/t14?,15?,16-,19?;/m1./s1. The molecule has 3 fully saturated rings. The minimum absolute atomic E-state index is 0. The van der Waals surface area contributed by atoms with Crippen LogP contribution < -0.4 is 5.73 Å². The van der Waals surface area contributed by atoms with Gasteiger partial charge in [0.2, 0.25) is 0 Å². The number of halogens is 1. The molecule has 1 saturated carbocycles. The van der Waals surface area contributed by atoms with E-state index in [2.05, 4.69) is 9.88 Å². The second-order valence-electron chi connectivity index (χ2n) is 7.59. The number of carbonyl (C=O) groups is 1. The maximum atomic E-state index is 11.6. The molecule has 4 rings (SSSR count). The molecule has 1 aromatic rings. The summed E-state index contributed by atoms with van der Waals surface area (Å²) >= 11 is 0. The highest BCUT2D eigenvalue weighted by Crippen LogP contribution is 2.52. The highest BCUT2D eigenvalue weighted by molar-refractivity contribution is 5.90. The van der Waals surface area contributed by atoms with Gasteiger partial charge in [-0.3, -0.25) is 14.7 Å². The second kappa shape index (κ2) is 7.80. The Hall–Kier alpha value is -1.21. The molecule has 0 spiro atoms. The molecule has 2 unspecified atom stereocenters.